The van der Waals surface area contributed by atoms with Gasteiger partial charge in [0.1, 0.15) is 5.75 Å². The number of rotatable bonds is 5. The number of carbonyl (C=O) groups is 1. The summed E-state index contributed by atoms with van der Waals surface area (Å²) in [5, 5.41) is 12.0. The first kappa shape index (κ1) is 14.4. The molecule has 2 aromatic rings. The van der Waals surface area contributed by atoms with Crippen molar-refractivity contribution in [3.63, 3.8) is 0 Å². The largest absolute Gasteiger partial charge is 0.482 e. The summed E-state index contributed by atoms with van der Waals surface area (Å²) in [4.78, 5) is 11.7. The van der Waals surface area contributed by atoms with Gasteiger partial charge < -0.3 is 15.2 Å². The minimum Gasteiger partial charge on any atom is -0.482 e. The third kappa shape index (κ3) is 3.98. The fourth-order valence-corrected chi connectivity index (χ4v) is 1.88. The number of hydrogen-bond donors (Lipinski definition) is 2. The van der Waals surface area contributed by atoms with Crippen molar-refractivity contribution in [3.8, 4) is 5.75 Å². The topological polar surface area (TPSA) is 58.6 Å². The van der Waals surface area contributed by atoms with Crippen LogP contribution in [0.15, 0.2) is 48.5 Å². The first-order valence-electron chi connectivity index (χ1n) is 6.06. The molecule has 4 nitrogen and oxygen atoms in total. The Morgan fingerprint density at radius 1 is 1.20 bits per heavy atom. The van der Waals surface area contributed by atoms with Crippen LogP contribution in [-0.2, 0) is 11.4 Å². The van der Waals surface area contributed by atoms with Crippen LogP contribution in [0, 0.1) is 0 Å². The second-order valence-corrected chi connectivity index (χ2v) is 4.53. The van der Waals surface area contributed by atoms with Gasteiger partial charge in [-0.3, -0.25) is 4.79 Å². The molecule has 0 aliphatic rings. The van der Waals surface area contributed by atoms with Gasteiger partial charge in [-0.05, 0) is 29.8 Å². The van der Waals surface area contributed by atoms with Crippen LogP contribution in [0.3, 0.4) is 0 Å². The van der Waals surface area contributed by atoms with Crippen LogP contribution in [0.5, 0.6) is 5.75 Å². The molecule has 0 atom stereocenters. The number of halogens is 1. The molecule has 0 heterocycles. The Morgan fingerprint density at radius 2 is 1.95 bits per heavy atom. The number of ether oxygens (including phenoxy) is 1. The summed E-state index contributed by atoms with van der Waals surface area (Å²) in [6.45, 7) is -0.221. The predicted octanol–water partition coefficient (Wildman–Crippen LogP) is 2.85. The molecular weight excluding hydrogens is 278 g/mol. The average molecular weight is 292 g/mol. The molecule has 0 saturated heterocycles. The molecule has 0 bridgehead atoms. The van der Waals surface area contributed by atoms with E-state index in [2.05, 4.69) is 5.32 Å². The Kier molecular flexibility index (Phi) is 4.98. The third-order valence-corrected chi connectivity index (χ3v) is 2.89. The fraction of sp³-hybridized carbons (Fsp3) is 0.133. The molecule has 0 unspecified atom stereocenters. The van der Waals surface area contributed by atoms with Crippen LogP contribution >= 0.6 is 11.6 Å². The monoisotopic (exact) mass is 291 g/mol. The molecule has 0 aliphatic carbocycles. The van der Waals surface area contributed by atoms with Gasteiger partial charge in [-0.25, -0.2) is 0 Å². The molecule has 1 amide bonds. The van der Waals surface area contributed by atoms with Gasteiger partial charge in [0.25, 0.3) is 5.91 Å². The normalized spacial score (nSPS) is 10.1. The zero-order valence-electron chi connectivity index (χ0n) is 10.7. The van der Waals surface area contributed by atoms with Crippen molar-refractivity contribution in [2.45, 2.75) is 6.61 Å². The highest BCUT2D eigenvalue weighted by atomic mass is 35.5. The number of hydrogen-bond acceptors (Lipinski definition) is 3. The number of para-hydroxylation sites is 1. The molecule has 2 N–H and O–H groups in total. The van der Waals surface area contributed by atoms with E-state index < -0.39 is 0 Å². The average Bonchev–Trinajstić information content (AvgIpc) is 2.47. The van der Waals surface area contributed by atoms with Gasteiger partial charge in [0.15, 0.2) is 6.61 Å². The number of benzene rings is 2. The number of aliphatic hydroxyl groups is 1. The number of amides is 1. The van der Waals surface area contributed by atoms with Crippen LogP contribution in [0.4, 0.5) is 5.69 Å². The molecule has 0 aliphatic heterocycles. The van der Waals surface area contributed by atoms with Crippen molar-refractivity contribution in [1.82, 2.24) is 0 Å². The lowest BCUT2D eigenvalue weighted by Crippen LogP contribution is -2.20. The molecule has 0 fully saturated rings. The van der Waals surface area contributed by atoms with E-state index in [0.29, 0.717) is 22.0 Å². The summed E-state index contributed by atoms with van der Waals surface area (Å²) in [7, 11) is 0. The summed E-state index contributed by atoms with van der Waals surface area (Å²) in [5.41, 5.74) is 1.40. The van der Waals surface area contributed by atoms with Gasteiger partial charge in [-0.1, -0.05) is 35.9 Å². The van der Waals surface area contributed by atoms with Gasteiger partial charge in [-0.15, -0.1) is 0 Å². The van der Waals surface area contributed by atoms with Gasteiger partial charge in [0, 0.05) is 5.69 Å². The number of carbonyl (C=O) groups excluding carboxylic acids is 1. The highest BCUT2D eigenvalue weighted by Crippen LogP contribution is 2.25. The van der Waals surface area contributed by atoms with Crippen LogP contribution in [-0.4, -0.2) is 17.6 Å². The summed E-state index contributed by atoms with van der Waals surface area (Å²) in [6.07, 6.45) is 0. The van der Waals surface area contributed by atoms with E-state index in [0.717, 1.165) is 0 Å². The van der Waals surface area contributed by atoms with E-state index in [1.54, 1.807) is 30.3 Å². The van der Waals surface area contributed by atoms with E-state index in [9.17, 15) is 4.79 Å². The van der Waals surface area contributed by atoms with Gasteiger partial charge in [0.2, 0.25) is 0 Å². The van der Waals surface area contributed by atoms with Crippen molar-refractivity contribution in [1.29, 1.82) is 0 Å². The number of nitrogens with one attached hydrogen (secondary N) is 1. The highest BCUT2D eigenvalue weighted by Gasteiger charge is 2.07. The fourth-order valence-electron chi connectivity index (χ4n) is 1.62. The Balaban J connectivity index is 1.90. The minimum atomic E-state index is -0.265. The smallest absolute Gasteiger partial charge is 0.262 e. The van der Waals surface area contributed by atoms with Crippen LogP contribution in [0.2, 0.25) is 5.02 Å². The molecular formula is C15H14ClNO3. The molecule has 2 rings (SSSR count). The van der Waals surface area contributed by atoms with Crippen LogP contribution < -0.4 is 10.1 Å². The minimum absolute atomic E-state index is 0.0888. The van der Waals surface area contributed by atoms with Gasteiger partial charge >= 0.3 is 0 Å². The molecule has 0 saturated carbocycles. The van der Waals surface area contributed by atoms with Crippen molar-refractivity contribution in [3.05, 3.63) is 59.1 Å². The Labute approximate surface area is 122 Å². The summed E-state index contributed by atoms with van der Waals surface area (Å²) in [5.74, 6) is 0.144. The maximum absolute atomic E-state index is 11.7. The Hall–Kier alpha value is -2.04. The maximum atomic E-state index is 11.7. The SMILES string of the molecule is O=C(COc1ccc(CO)cc1Cl)Nc1ccccc1. The molecule has 0 aromatic heterocycles. The standard InChI is InChI=1S/C15H14ClNO3/c16-13-8-11(9-18)6-7-14(13)20-10-15(19)17-12-4-2-1-3-5-12/h1-8,18H,9-10H2,(H,17,19). The molecule has 0 spiro atoms. The lowest BCUT2D eigenvalue weighted by Gasteiger charge is -2.09. The highest BCUT2D eigenvalue weighted by molar-refractivity contribution is 6.32. The maximum Gasteiger partial charge on any atom is 0.262 e. The van der Waals surface area contributed by atoms with E-state index in [-0.39, 0.29) is 19.1 Å². The van der Waals surface area contributed by atoms with Crippen molar-refractivity contribution >= 4 is 23.2 Å². The van der Waals surface area contributed by atoms with E-state index in [1.807, 2.05) is 18.2 Å². The Bertz CT molecular complexity index is 587. The summed E-state index contributed by atoms with van der Waals surface area (Å²) < 4.78 is 5.34. The van der Waals surface area contributed by atoms with E-state index in [4.69, 9.17) is 21.4 Å². The quantitative estimate of drug-likeness (QED) is 0.890. The lowest BCUT2D eigenvalue weighted by atomic mass is 10.2. The second kappa shape index (κ2) is 6.93. The zero-order chi connectivity index (χ0) is 14.4. The molecule has 5 heteroatoms. The van der Waals surface area contributed by atoms with Crippen molar-refractivity contribution < 1.29 is 14.6 Å². The summed E-state index contributed by atoms with van der Waals surface area (Å²) >= 11 is 5.98. The first-order valence-corrected chi connectivity index (χ1v) is 6.44. The van der Waals surface area contributed by atoms with E-state index >= 15 is 0 Å². The van der Waals surface area contributed by atoms with Crippen molar-refractivity contribution in [2.24, 2.45) is 0 Å². The molecule has 2 aromatic carbocycles. The number of anilines is 1. The molecule has 0 radical (unpaired) electrons. The zero-order valence-corrected chi connectivity index (χ0v) is 11.4. The second-order valence-electron chi connectivity index (χ2n) is 4.13. The molecule has 20 heavy (non-hydrogen) atoms. The predicted molar refractivity (Wildman–Crippen MR) is 77.9 cm³/mol. The van der Waals surface area contributed by atoms with Gasteiger partial charge in [0.05, 0.1) is 11.6 Å². The number of aliphatic hydroxyl groups excluding tert-OH is 1. The van der Waals surface area contributed by atoms with Crippen LogP contribution in [0.25, 0.3) is 0 Å². The third-order valence-electron chi connectivity index (χ3n) is 2.60. The summed E-state index contributed by atoms with van der Waals surface area (Å²) in [6, 6.07) is 14.0. The van der Waals surface area contributed by atoms with Gasteiger partial charge in [-0.2, -0.15) is 0 Å². The Morgan fingerprint density at radius 3 is 2.60 bits per heavy atom. The van der Waals surface area contributed by atoms with E-state index in [1.165, 1.54) is 0 Å². The molecule has 104 valence electrons. The lowest BCUT2D eigenvalue weighted by molar-refractivity contribution is -0.118. The van der Waals surface area contributed by atoms with Crippen molar-refractivity contribution in [2.75, 3.05) is 11.9 Å². The first-order chi connectivity index (χ1) is 9.69. The van der Waals surface area contributed by atoms with Crippen LogP contribution in [0.1, 0.15) is 5.56 Å².